The summed E-state index contributed by atoms with van der Waals surface area (Å²) >= 11 is 0. The first kappa shape index (κ1) is 15.9. The summed E-state index contributed by atoms with van der Waals surface area (Å²) in [4.78, 5) is 0. The van der Waals surface area contributed by atoms with E-state index in [2.05, 4.69) is 84.9 Å². The highest BCUT2D eigenvalue weighted by molar-refractivity contribution is 5.88. The van der Waals surface area contributed by atoms with Gasteiger partial charge in [0.1, 0.15) is 0 Å². The van der Waals surface area contributed by atoms with Crippen LogP contribution in [0.25, 0.3) is 33.7 Å². The molecular formula is C28H22. The molecule has 0 spiro atoms. The second-order valence-electron chi connectivity index (χ2n) is 8.26. The van der Waals surface area contributed by atoms with E-state index < -0.39 is 0 Å². The van der Waals surface area contributed by atoms with Crippen LogP contribution < -0.4 is 0 Å². The van der Waals surface area contributed by atoms with Gasteiger partial charge in [0.25, 0.3) is 0 Å². The van der Waals surface area contributed by atoms with Gasteiger partial charge in [-0.3, -0.25) is 0 Å². The summed E-state index contributed by atoms with van der Waals surface area (Å²) in [7, 11) is 0. The molecule has 28 heavy (non-hydrogen) atoms. The van der Waals surface area contributed by atoms with Crippen molar-refractivity contribution in [1.29, 1.82) is 0 Å². The first-order valence-corrected chi connectivity index (χ1v) is 10.2. The van der Waals surface area contributed by atoms with E-state index in [0.29, 0.717) is 0 Å². The summed E-state index contributed by atoms with van der Waals surface area (Å²) in [6.07, 6.45) is 9.43. The molecule has 4 aromatic carbocycles. The predicted octanol–water partition coefficient (Wildman–Crippen LogP) is 7.35. The van der Waals surface area contributed by atoms with E-state index >= 15 is 0 Å². The molecule has 0 fully saturated rings. The van der Waals surface area contributed by atoms with Crippen molar-refractivity contribution in [2.75, 3.05) is 0 Å². The maximum Gasteiger partial charge on any atom is -0.00575 e. The Morgan fingerprint density at radius 2 is 0.893 bits per heavy atom. The van der Waals surface area contributed by atoms with Crippen molar-refractivity contribution in [2.45, 2.75) is 25.7 Å². The van der Waals surface area contributed by atoms with Crippen molar-refractivity contribution in [3.63, 3.8) is 0 Å². The summed E-state index contributed by atoms with van der Waals surface area (Å²) in [6, 6.07) is 26.9. The van der Waals surface area contributed by atoms with Crippen LogP contribution in [0.5, 0.6) is 0 Å². The van der Waals surface area contributed by atoms with E-state index in [9.17, 15) is 0 Å². The van der Waals surface area contributed by atoms with Crippen LogP contribution >= 0.6 is 0 Å². The molecule has 6 rings (SSSR count). The first-order chi connectivity index (χ1) is 13.8. The lowest BCUT2D eigenvalue weighted by Gasteiger charge is -2.05. The Hall–Kier alpha value is -3.12. The summed E-state index contributed by atoms with van der Waals surface area (Å²) in [6.45, 7) is 0. The molecule has 0 radical (unpaired) electrons. The zero-order valence-corrected chi connectivity index (χ0v) is 15.9. The van der Waals surface area contributed by atoms with Gasteiger partial charge in [-0.2, -0.15) is 0 Å². The topological polar surface area (TPSA) is 0 Å². The van der Waals surface area contributed by atoms with Crippen LogP contribution in [0.4, 0.5) is 0 Å². The Labute approximate surface area is 165 Å². The monoisotopic (exact) mass is 358 g/mol. The zero-order chi connectivity index (χ0) is 18.5. The third-order valence-electron chi connectivity index (χ3n) is 6.34. The maximum atomic E-state index is 2.43. The maximum absolute atomic E-state index is 2.43. The third-order valence-corrected chi connectivity index (χ3v) is 6.34. The molecule has 0 saturated carbocycles. The van der Waals surface area contributed by atoms with Gasteiger partial charge >= 0.3 is 0 Å². The fourth-order valence-corrected chi connectivity index (χ4v) is 4.86. The molecule has 0 bridgehead atoms. The van der Waals surface area contributed by atoms with Crippen molar-refractivity contribution >= 4 is 33.7 Å². The normalized spacial score (nSPS) is 14.9. The number of rotatable bonds is 3. The van der Waals surface area contributed by atoms with E-state index in [0.717, 1.165) is 12.8 Å². The minimum Gasteiger partial charge on any atom is -0.0649 e. The molecule has 134 valence electrons. The van der Waals surface area contributed by atoms with Crippen LogP contribution in [0, 0.1) is 0 Å². The first-order valence-electron chi connectivity index (χ1n) is 10.2. The van der Waals surface area contributed by atoms with Crippen LogP contribution in [0.15, 0.2) is 83.9 Å². The second-order valence-corrected chi connectivity index (χ2v) is 8.26. The lowest BCUT2D eigenvalue weighted by molar-refractivity contribution is 0.887. The van der Waals surface area contributed by atoms with E-state index in [1.54, 1.807) is 11.1 Å². The minimum atomic E-state index is 1.12. The number of hydrogen-bond donors (Lipinski definition) is 0. The van der Waals surface area contributed by atoms with Crippen molar-refractivity contribution < 1.29 is 0 Å². The van der Waals surface area contributed by atoms with Gasteiger partial charge in [-0.05, 0) is 81.6 Å². The molecule has 0 nitrogen and oxygen atoms in total. The van der Waals surface area contributed by atoms with Gasteiger partial charge in [0.2, 0.25) is 0 Å². The van der Waals surface area contributed by atoms with Crippen LogP contribution in [-0.4, -0.2) is 0 Å². The highest BCUT2D eigenvalue weighted by Gasteiger charge is 2.17. The van der Waals surface area contributed by atoms with Crippen molar-refractivity contribution in [2.24, 2.45) is 0 Å². The Bertz CT molecular complexity index is 1200. The number of benzene rings is 4. The molecule has 0 atom stereocenters. The average Bonchev–Trinajstić information content (AvgIpc) is 3.30. The number of fused-ring (bicyclic) bond motifs is 4. The van der Waals surface area contributed by atoms with Gasteiger partial charge in [-0.25, -0.2) is 0 Å². The molecule has 0 heterocycles. The molecule has 4 aromatic rings. The molecule has 0 aliphatic heterocycles. The fraction of sp³-hybridized carbons (Fsp3) is 0.143. The Morgan fingerprint density at radius 3 is 1.32 bits per heavy atom. The summed E-state index contributed by atoms with van der Waals surface area (Å²) < 4.78 is 0. The highest BCUT2D eigenvalue weighted by atomic mass is 14.2. The van der Waals surface area contributed by atoms with Crippen LogP contribution in [0.1, 0.15) is 35.1 Å². The molecule has 2 aliphatic carbocycles. The zero-order valence-electron chi connectivity index (χ0n) is 15.9. The predicted molar refractivity (Wildman–Crippen MR) is 120 cm³/mol. The molecule has 0 aromatic heterocycles. The SMILES string of the molecule is C1=C(CCC2=Cc3cc4ccccc4cc3C2)Cc2cc3ccccc3cc21. The standard InChI is InChI=1S/C28H22/c1-2-6-22-16-26-12-19(11-25(26)15-21(22)5-1)9-10-20-13-27-17-23-7-3-4-8-24(23)18-28(27)14-20/h1-8,11,13,15-18H,9-10,12,14H2. The molecule has 0 saturated heterocycles. The van der Waals surface area contributed by atoms with Crippen LogP contribution in [0.3, 0.4) is 0 Å². The number of allylic oxidation sites excluding steroid dienone is 2. The Morgan fingerprint density at radius 1 is 0.500 bits per heavy atom. The van der Waals surface area contributed by atoms with Gasteiger partial charge in [-0.1, -0.05) is 84.0 Å². The smallest absolute Gasteiger partial charge is 0.00575 e. The molecule has 2 aliphatic rings. The van der Waals surface area contributed by atoms with Gasteiger partial charge in [0.15, 0.2) is 0 Å². The summed E-state index contributed by atoms with van der Waals surface area (Å²) in [5, 5.41) is 5.41. The molecular weight excluding hydrogens is 336 g/mol. The minimum absolute atomic E-state index is 1.12. The van der Waals surface area contributed by atoms with Gasteiger partial charge in [-0.15, -0.1) is 0 Å². The fourth-order valence-electron chi connectivity index (χ4n) is 4.86. The van der Waals surface area contributed by atoms with Crippen molar-refractivity contribution in [3.8, 4) is 0 Å². The van der Waals surface area contributed by atoms with Gasteiger partial charge in [0, 0.05) is 0 Å². The second kappa shape index (κ2) is 6.21. The Kier molecular flexibility index (Phi) is 3.52. The van der Waals surface area contributed by atoms with Gasteiger partial charge < -0.3 is 0 Å². The molecule has 0 amide bonds. The third kappa shape index (κ3) is 2.68. The highest BCUT2D eigenvalue weighted by Crippen LogP contribution is 2.35. The Balaban J connectivity index is 1.20. The largest absolute Gasteiger partial charge is 0.0649 e. The van der Waals surface area contributed by atoms with E-state index in [1.807, 2.05) is 0 Å². The molecule has 0 heteroatoms. The summed E-state index contributed by atoms with van der Waals surface area (Å²) in [5.74, 6) is 0. The lowest BCUT2D eigenvalue weighted by atomic mass is 10.00. The molecule has 0 unspecified atom stereocenters. The van der Waals surface area contributed by atoms with E-state index in [1.165, 1.54) is 56.6 Å². The summed E-state index contributed by atoms with van der Waals surface area (Å²) in [5.41, 5.74) is 8.97. The van der Waals surface area contributed by atoms with Crippen LogP contribution in [0.2, 0.25) is 0 Å². The van der Waals surface area contributed by atoms with Crippen molar-refractivity contribution in [3.05, 3.63) is 106 Å². The van der Waals surface area contributed by atoms with Crippen LogP contribution in [-0.2, 0) is 12.8 Å². The average molecular weight is 358 g/mol. The molecule has 0 N–H and O–H groups in total. The van der Waals surface area contributed by atoms with Gasteiger partial charge in [0.05, 0.1) is 0 Å². The number of hydrogen-bond acceptors (Lipinski definition) is 0. The van der Waals surface area contributed by atoms with E-state index in [4.69, 9.17) is 0 Å². The lowest BCUT2D eigenvalue weighted by Crippen LogP contribution is -1.90. The van der Waals surface area contributed by atoms with Crippen molar-refractivity contribution in [1.82, 2.24) is 0 Å². The quantitative estimate of drug-likeness (QED) is 0.359. The van der Waals surface area contributed by atoms with E-state index in [-0.39, 0.29) is 0 Å².